The van der Waals surface area contributed by atoms with E-state index in [0.717, 1.165) is 21.7 Å². The highest BCUT2D eigenvalue weighted by Gasteiger charge is 3.06. The van der Waals surface area contributed by atoms with Crippen LogP contribution in [0.3, 0.4) is 0 Å². The van der Waals surface area contributed by atoms with Crippen LogP contribution in [0.25, 0.3) is 0 Å². The number of fused-ring (bicyclic) bond motifs is 10. The van der Waals surface area contributed by atoms with Crippen LogP contribution < -0.4 is 0 Å². The summed E-state index contributed by atoms with van der Waals surface area (Å²) in [7, 11) is 0. The lowest BCUT2D eigenvalue weighted by atomic mass is 9.42. The zero-order valence-corrected chi connectivity index (χ0v) is 15.6. The molecular weight excluding hydrogens is 288 g/mol. The normalized spacial score (nSPS) is 58.0. The monoisotopic (exact) mass is 324 g/mol. The Bertz CT molecular complexity index is 481. The van der Waals surface area contributed by atoms with Gasteiger partial charge in [0.25, 0.3) is 0 Å². The molecule has 0 heteroatoms. The van der Waals surface area contributed by atoms with Gasteiger partial charge in [-0.05, 0) is 96.7 Å². The minimum Gasteiger partial charge on any atom is -0.0533 e. The van der Waals surface area contributed by atoms with Gasteiger partial charge in [0.05, 0.1) is 0 Å². The summed E-state index contributed by atoms with van der Waals surface area (Å²) in [6, 6.07) is 0. The lowest BCUT2D eigenvalue weighted by Crippen LogP contribution is -2.58. The molecule has 0 radical (unpaired) electrons. The van der Waals surface area contributed by atoms with E-state index in [1.807, 2.05) is 0 Å². The Labute approximate surface area is 148 Å². The van der Waals surface area contributed by atoms with Crippen LogP contribution in [-0.2, 0) is 0 Å². The molecule has 0 nitrogen and oxygen atoms in total. The first-order valence-corrected chi connectivity index (χ1v) is 11.9. The van der Waals surface area contributed by atoms with Gasteiger partial charge in [-0.25, -0.2) is 0 Å². The van der Waals surface area contributed by atoms with Crippen molar-refractivity contribution in [2.45, 2.75) is 103 Å². The predicted octanol–water partition coefficient (Wildman–Crippen LogP) is 6.73. The Morgan fingerprint density at radius 3 is 0.917 bits per heavy atom. The molecule has 7 rings (SSSR count). The average Bonchev–Trinajstić information content (AvgIpc) is 3.36. The van der Waals surface area contributed by atoms with Gasteiger partial charge in [-0.2, -0.15) is 0 Å². The van der Waals surface area contributed by atoms with Crippen molar-refractivity contribution in [3.05, 3.63) is 0 Å². The molecule has 7 saturated carbocycles. The van der Waals surface area contributed by atoms with Crippen molar-refractivity contribution in [3.8, 4) is 0 Å². The van der Waals surface area contributed by atoms with Crippen molar-refractivity contribution in [3.63, 3.8) is 0 Å². The molecule has 4 atom stereocenters. The second-order valence-electron chi connectivity index (χ2n) is 11.3. The van der Waals surface area contributed by atoms with Crippen LogP contribution in [-0.4, -0.2) is 0 Å². The maximum atomic E-state index is 1.68. The molecule has 4 unspecified atom stereocenters. The lowest BCUT2D eigenvalue weighted by Gasteiger charge is -2.61. The summed E-state index contributed by atoms with van der Waals surface area (Å²) < 4.78 is 0. The molecule has 0 amide bonds. The molecule has 7 aliphatic rings. The molecule has 7 aliphatic carbocycles. The second kappa shape index (κ2) is 4.12. The van der Waals surface area contributed by atoms with Gasteiger partial charge >= 0.3 is 0 Å². The molecule has 0 saturated heterocycles. The average molecular weight is 325 g/mol. The van der Waals surface area contributed by atoms with Crippen LogP contribution in [0.2, 0.25) is 0 Å². The third-order valence-electron chi connectivity index (χ3n) is 11.3. The van der Waals surface area contributed by atoms with Gasteiger partial charge in [0.2, 0.25) is 0 Å². The van der Waals surface area contributed by atoms with Crippen molar-refractivity contribution in [2.24, 2.45) is 45.3 Å². The second-order valence-corrected chi connectivity index (χ2v) is 11.3. The van der Waals surface area contributed by atoms with E-state index in [2.05, 4.69) is 0 Å². The van der Waals surface area contributed by atoms with E-state index >= 15 is 0 Å². The molecule has 7 fully saturated rings. The molecule has 0 aromatic carbocycles. The minimum absolute atomic E-state index is 0.926. The summed E-state index contributed by atoms with van der Waals surface area (Å²) in [5.74, 6) is 4.84. The molecule has 132 valence electrons. The number of rotatable bonds is 0. The SMILES string of the molecule is C1CCCC2C(CC1)C21C2(CC2)C2(C3CCCCCCC32)C12CC2. The van der Waals surface area contributed by atoms with Crippen molar-refractivity contribution in [1.29, 1.82) is 0 Å². The van der Waals surface area contributed by atoms with Crippen LogP contribution in [0.5, 0.6) is 0 Å². The van der Waals surface area contributed by atoms with E-state index < -0.39 is 0 Å². The molecule has 0 bridgehead atoms. The highest BCUT2D eigenvalue weighted by molar-refractivity contribution is 5.53. The first-order chi connectivity index (χ1) is 11.9. The lowest BCUT2D eigenvalue weighted by molar-refractivity contribution is -0.157. The first-order valence-electron chi connectivity index (χ1n) is 11.9. The van der Waals surface area contributed by atoms with Crippen molar-refractivity contribution < 1.29 is 0 Å². The number of hydrogen-bond donors (Lipinski definition) is 0. The van der Waals surface area contributed by atoms with Crippen LogP contribution in [0.15, 0.2) is 0 Å². The van der Waals surface area contributed by atoms with E-state index in [1.165, 1.54) is 23.7 Å². The van der Waals surface area contributed by atoms with Crippen molar-refractivity contribution in [1.82, 2.24) is 0 Å². The van der Waals surface area contributed by atoms with Crippen molar-refractivity contribution >= 4 is 0 Å². The summed E-state index contributed by atoms with van der Waals surface area (Å²) in [5.41, 5.74) is 3.72. The van der Waals surface area contributed by atoms with E-state index in [1.54, 1.807) is 103 Å². The van der Waals surface area contributed by atoms with Gasteiger partial charge < -0.3 is 0 Å². The van der Waals surface area contributed by atoms with Crippen LogP contribution in [0, 0.1) is 45.3 Å². The van der Waals surface area contributed by atoms with E-state index in [-0.39, 0.29) is 0 Å². The molecule has 0 aromatic rings. The fraction of sp³-hybridized carbons (Fsp3) is 1.00. The Morgan fingerprint density at radius 1 is 0.375 bits per heavy atom. The van der Waals surface area contributed by atoms with E-state index in [0.29, 0.717) is 0 Å². The molecule has 0 N–H and O–H groups in total. The van der Waals surface area contributed by atoms with Gasteiger partial charge in [-0.3, -0.25) is 0 Å². The largest absolute Gasteiger partial charge is 0.0533 e. The van der Waals surface area contributed by atoms with Gasteiger partial charge in [0.15, 0.2) is 0 Å². The third-order valence-corrected chi connectivity index (χ3v) is 11.3. The smallest absolute Gasteiger partial charge is 0.0111 e. The van der Waals surface area contributed by atoms with Gasteiger partial charge in [0.1, 0.15) is 0 Å². The standard InChI is InChI=1S/C24H36/c1-2-6-10-18-17(9-5-1)23(18)21(13-14-21)24(22(23)15-16-22)19-11-7-3-4-8-12-20(19)24/h17-20H,1-16H2. The van der Waals surface area contributed by atoms with Gasteiger partial charge in [-0.15, -0.1) is 0 Å². The fourth-order valence-corrected chi connectivity index (χ4v) is 11.2. The summed E-state index contributed by atoms with van der Waals surface area (Å²) in [6.07, 6.45) is 25.8. The number of hydrogen-bond acceptors (Lipinski definition) is 0. The van der Waals surface area contributed by atoms with E-state index in [4.69, 9.17) is 0 Å². The summed E-state index contributed by atoms with van der Waals surface area (Å²) in [5, 5.41) is 0. The Balaban J connectivity index is 1.29. The van der Waals surface area contributed by atoms with Crippen LogP contribution in [0.4, 0.5) is 0 Å². The van der Waals surface area contributed by atoms with Crippen LogP contribution in [0.1, 0.15) is 103 Å². The maximum Gasteiger partial charge on any atom is -0.0111 e. The summed E-state index contributed by atoms with van der Waals surface area (Å²) in [6.45, 7) is 0. The predicted molar refractivity (Wildman–Crippen MR) is 97.6 cm³/mol. The third kappa shape index (κ3) is 1.15. The fourth-order valence-electron chi connectivity index (χ4n) is 11.2. The molecule has 0 aliphatic heterocycles. The van der Waals surface area contributed by atoms with Crippen LogP contribution >= 0.6 is 0 Å². The van der Waals surface area contributed by atoms with E-state index in [9.17, 15) is 0 Å². The molecule has 0 aromatic heterocycles. The summed E-state index contributed by atoms with van der Waals surface area (Å²) >= 11 is 0. The molecule has 24 heavy (non-hydrogen) atoms. The Morgan fingerprint density at radius 2 is 0.667 bits per heavy atom. The molecule has 0 heterocycles. The topological polar surface area (TPSA) is 0 Å². The minimum atomic E-state index is 0.926. The van der Waals surface area contributed by atoms with Crippen molar-refractivity contribution in [2.75, 3.05) is 0 Å². The Kier molecular flexibility index (Phi) is 2.42. The zero-order chi connectivity index (χ0) is 15.6. The molecule has 4 spiro atoms. The Hall–Kier alpha value is 0. The maximum absolute atomic E-state index is 1.68. The highest BCUT2D eigenvalue weighted by atomic mass is 15.1. The van der Waals surface area contributed by atoms with Gasteiger partial charge in [0, 0.05) is 0 Å². The zero-order valence-electron chi connectivity index (χ0n) is 15.6. The first kappa shape index (κ1) is 14.1. The molecular formula is C24H36. The van der Waals surface area contributed by atoms with Gasteiger partial charge in [-0.1, -0.05) is 51.4 Å². The summed E-state index contributed by atoms with van der Waals surface area (Å²) in [4.78, 5) is 0. The highest BCUT2D eigenvalue weighted by Crippen LogP contribution is 3.11. The quantitative estimate of drug-likeness (QED) is 0.463.